The van der Waals surface area contributed by atoms with Crippen LogP contribution in [0.25, 0.3) is 22.3 Å². The van der Waals surface area contributed by atoms with Gasteiger partial charge >= 0.3 is 0 Å². The minimum atomic E-state index is -0.411. The summed E-state index contributed by atoms with van der Waals surface area (Å²) in [5.41, 5.74) is 2.39. The molecule has 2 N–H and O–H groups in total. The fourth-order valence-corrected chi connectivity index (χ4v) is 3.65. The number of ether oxygens (including phenoxy) is 1. The minimum Gasteiger partial charge on any atom is -0.377 e. The third-order valence-corrected chi connectivity index (χ3v) is 5.18. The van der Waals surface area contributed by atoms with Gasteiger partial charge in [-0.2, -0.15) is 5.10 Å². The molecule has 1 saturated heterocycles. The number of fused-ring (bicyclic) bond motifs is 1. The van der Waals surface area contributed by atoms with Crippen LogP contribution >= 0.6 is 0 Å². The number of H-pyrrole nitrogens is 1. The molecule has 150 valence electrons. The summed E-state index contributed by atoms with van der Waals surface area (Å²) in [7, 11) is 0. The van der Waals surface area contributed by atoms with Crippen LogP contribution in [0.1, 0.15) is 16.4 Å². The Bertz CT molecular complexity index is 1270. The molecular formula is C21H18N6O3. The van der Waals surface area contributed by atoms with Crippen LogP contribution in [-0.2, 0) is 4.74 Å². The topological polar surface area (TPSA) is 115 Å². The number of hydrogen-bond acceptors (Lipinski definition) is 6. The first-order valence-electron chi connectivity index (χ1n) is 9.52. The Kier molecular flexibility index (Phi) is 4.56. The SMILES string of the molecule is O=C(NC1COCC1n1nc(-c2ccncc2)ccc1=O)c1c[nH]c2ncccc12. The van der Waals surface area contributed by atoms with E-state index in [1.807, 2.05) is 18.2 Å². The molecule has 0 radical (unpaired) electrons. The Labute approximate surface area is 170 Å². The van der Waals surface area contributed by atoms with Crippen LogP contribution in [0.5, 0.6) is 0 Å². The Balaban J connectivity index is 1.43. The van der Waals surface area contributed by atoms with E-state index in [1.54, 1.807) is 36.9 Å². The molecule has 9 nitrogen and oxygen atoms in total. The highest BCUT2D eigenvalue weighted by molar-refractivity contribution is 6.06. The van der Waals surface area contributed by atoms with Crippen molar-refractivity contribution in [1.29, 1.82) is 0 Å². The van der Waals surface area contributed by atoms with E-state index in [-0.39, 0.29) is 18.1 Å². The molecule has 0 saturated carbocycles. The van der Waals surface area contributed by atoms with E-state index < -0.39 is 12.1 Å². The van der Waals surface area contributed by atoms with Crippen molar-refractivity contribution in [3.63, 3.8) is 0 Å². The van der Waals surface area contributed by atoms with Gasteiger partial charge in [0.1, 0.15) is 11.7 Å². The number of amides is 1. The third-order valence-electron chi connectivity index (χ3n) is 5.18. The van der Waals surface area contributed by atoms with Gasteiger partial charge in [0, 0.05) is 41.8 Å². The molecule has 5 rings (SSSR count). The van der Waals surface area contributed by atoms with Gasteiger partial charge in [0.25, 0.3) is 11.5 Å². The summed E-state index contributed by atoms with van der Waals surface area (Å²) in [6.07, 6.45) is 6.63. The summed E-state index contributed by atoms with van der Waals surface area (Å²) in [4.78, 5) is 36.6. The summed E-state index contributed by atoms with van der Waals surface area (Å²) in [6.45, 7) is 0.581. The molecule has 0 aromatic carbocycles. The second-order valence-corrected chi connectivity index (χ2v) is 7.02. The van der Waals surface area contributed by atoms with Crippen LogP contribution in [-0.4, -0.2) is 49.9 Å². The average molecular weight is 402 g/mol. The van der Waals surface area contributed by atoms with Crippen LogP contribution in [0.2, 0.25) is 0 Å². The number of nitrogens with zero attached hydrogens (tertiary/aromatic N) is 4. The standard InChI is InChI=1S/C21H18N6O3/c28-19-4-3-16(13-5-8-22-9-6-13)26-27(19)18-12-30-11-17(18)25-21(29)15-10-24-20-14(15)2-1-7-23-20/h1-10,17-18H,11-12H2,(H,23,24)(H,25,29). The highest BCUT2D eigenvalue weighted by atomic mass is 16.5. The van der Waals surface area contributed by atoms with Crippen molar-refractivity contribution in [1.82, 2.24) is 30.0 Å². The number of aromatic amines is 1. The number of carbonyl (C=O) groups excluding carboxylic acids is 1. The van der Waals surface area contributed by atoms with Crippen molar-refractivity contribution >= 4 is 16.9 Å². The van der Waals surface area contributed by atoms with Crippen molar-refractivity contribution < 1.29 is 9.53 Å². The van der Waals surface area contributed by atoms with E-state index in [4.69, 9.17) is 4.74 Å². The van der Waals surface area contributed by atoms with Crippen molar-refractivity contribution in [3.05, 3.63) is 77.1 Å². The van der Waals surface area contributed by atoms with Crippen molar-refractivity contribution in [2.45, 2.75) is 12.1 Å². The maximum Gasteiger partial charge on any atom is 0.267 e. The predicted molar refractivity (Wildman–Crippen MR) is 109 cm³/mol. The number of pyridine rings is 2. The number of hydrogen-bond donors (Lipinski definition) is 2. The van der Waals surface area contributed by atoms with Crippen molar-refractivity contribution in [2.75, 3.05) is 13.2 Å². The number of carbonyl (C=O) groups is 1. The van der Waals surface area contributed by atoms with Gasteiger partial charge in [-0.1, -0.05) is 0 Å². The summed E-state index contributed by atoms with van der Waals surface area (Å²) in [5, 5.41) is 8.25. The summed E-state index contributed by atoms with van der Waals surface area (Å²) < 4.78 is 6.98. The number of rotatable bonds is 4. The zero-order valence-electron chi connectivity index (χ0n) is 15.9. The van der Waals surface area contributed by atoms with E-state index in [0.717, 1.165) is 10.9 Å². The van der Waals surface area contributed by atoms with Gasteiger partial charge in [-0.15, -0.1) is 0 Å². The van der Waals surface area contributed by atoms with E-state index in [1.165, 1.54) is 10.7 Å². The first-order chi connectivity index (χ1) is 14.7. The summed E-state index contributed by atoms with van der Waals surface area (Å²) >= 11 is 0. The molecule has 30 heavy (non-hydrogen) atoms. The predicted octanol–water partition coefficient (Wildman–Crippen LogP) is 1.55. The van der Waals surface area contributed by atoms with E-state index >= 15 is 0 Å². The van der Waals surface area contributed by atoms with Gasteiger partial charge in [-0.3, -0.25) is 14.6 Å². The first kappa shape index (κ1) is 18.2. The van der Waals surface area contributed by atoms with Crippen molar-refractivity contribution in [2.24, 2.45) is 0 Å². The zero-order chi connectivity index (χ0) is 20.5. The summed E-state index contributed by atoms with van der Waals surface area (Å²) in [5.74, 6) is -0.256. The molecule has 2 unspecified atom stereocenters. The van der Waals surface area contributed by atoms with Crippen LogP contribution in [0.3, 0.4) is 0 Å². The van der Waals surface area contributed by atoms with Crippen LogP contribution in [0, 0.1) is 0 Å². The molecule has 9 heteroatoms. The van der Waals surface area contributed by atoms with E-state index in [2.05, 4.69) is 25.4 Å². The molecule has 4 aromatic rings. The molecule has 4 aromatic heterocycles. The average Bonchev–Trinajstić information content (AvgIpc) is 3.42. The molecule has 1 fully saturated rings. The minimum absolute atomic E-state index is 0.251. The van der Waals surface area contributed by atoms with Crippen molar-refractivity contribution in [3.8, 4) is 11.3 Å². The van der Waals surface area contributed by atoms with Gasteiger partial charge in [0.05, 0.1) is 30.5 Å². The second-order valence-electron chi connectivity index (χ2n) is 7.02. The van der Waals surface area contributed by atoms with Gasteiger partial charge < -0.3 is 15.0 Å². The highest BCUT2D eigenvalue weighted by Gasteiger charge is 2.33. The molecule has 1 aliphatic rings. The maximum absolute atomic E-state index is 12.9. The van der Waals surface area contributed by atoms with Gasteiger partial charge in [0.2, 0.25) is 0 Å². The number of aromatic nitrogens is 5. The Morgan fingerprint density at radius 1 is 1.13 bits per heavy atom. The molecule has 5 heterocycles. The molecule has 0 aliphatic carbocycles. The van der Waals surface area contributed by atoms with Crippen LogP contribution < -0.4 is 10.9 Å². The molecule has 1 aliphatic heterocycles. The van der Waals surface area contributed by atoms with E-state index in [9.17, 15) is 9.59 Å². The Morgan fingerprint density at radius 3 is 2.87 bits per heavy atom. The van der Waals surface area contributed by atoms with E-state index in [0.29, 0.717) is 23.5 Å². The van der Waals surface area contributed by atoms with Crippen LogP contribution in [0.15, 0.2) is 66.0 Å². The summed E-state index contributed by atoms with van der Waals surface area (Å²) in [6, 6.07) is 9.62. The zero-order valence-corrected chi connectivity index (χ0v) is 15.9. The van der Waals surface area contributed by atoms with Gasteiger partial charge in [-0.25, -0.2) is 9.67 Å². The largest absolute Gasteiger partial charge is 0.377 e. The first-order valence-corrected chi connectivity index (χ1v) is 9.52. The quantitative estimate of drug-likeness (QED) is 0.535. The third kappa shape index (κ3) is 3.25. The van der Waals surface area contributed by atoms with Gasteiger partial charge in [-0.05, 0) is 30.3 Å². The van der Waals surface area contributed by atoms with Gasteiger partial charge in [0.15, 0.2) is 0 Å². The molecule has 0 spiro atoms. The lowest BCUT2D eigenvalue weighted by atomic mass is 10.1. The molecule has 2 atom stereocenters. The monoisotopic (exact) mass is 402 g/mol. The molecule has 1 amide bonds. The second kappa shape index (κ2) is 7.53. The lowest BCUT2D eigenvalue weighted by Crippen LogP contribution is -2.44. The molecular weight excluding hydrogens is 384 g/mol. The maximum atomic E-state index is 12.9. The Hall–Kier alpha value is -3.85. The molecule has 0 bridgehead atoms. The normalized spacial score (nSPS) is 18.5. The van der Waals surface area contributed by atoms with Crippen LogP contribution in [0.4, 0.5) is 0 Å². The number of nitrogens with one attached hydrogen (secondary N) is 2. The smallest absolute Gasteiger partial charge is 0.267 e. The fraction of sp³-hybridized carbons (Fsp3) is 0.190. The fourth-order valence-electron chi connectivity index (χ4n) is 3.65. The lowest BCUT2D eigenvalue weighted by molar-refractivity contribution is 0.0926. The highest BCUT2D eigenvalue weighted by Crippen LogP contribution is 2.21. The Morgan fingerprint density at radius 2 is 2.00 bits per heavy atom. The lowest BCUT2D eigenvalue weighted by Gasteiger charge is -2.20.